The van der Waals surface area contributed by atoms with Crippen molar-refractivity contribution in [2.24, 2.45) is 5.92 Å². The SMILES string of the molecule is O=C(NC1CCN(Cc2ccc(F)c(F)c2)CC1)C1CCN(C(=O)CCOc2ccccc2)CC1. The maximum atomic E-state index is 13.4. The van der Waals surface area contributed by atoms with Crippen LogP contribution in [0, 0.1) is 17.6 Å². The van der Waals surface area contributed by atoms with Gasteiger partial charge in [0.15, 0.2) is 11.6 Å². The van der Waals surface area contributed by atoms with E-state index in [4.69, 9.17) is 4.74 Å². The minimum atomic E-state index is -0.831. The molecule has 0 bridgehead atoms. The van der Waals surface area contributed by atoms with Crippen molar-refractivity contribution in [3.05, 3.63) is 65.7 Å². The van der Waals surface area contributed by atoms with Crippen molar-refractivity contribution in [2.75, 3.05) is 32.8 Å². The summed E-state index contributed by atoms with van der Waals surface area (Å²) in [6, 6.07) is 13.6. The van der Waals surface area contributed by atoms with Crippen LogP contribution in [0.15, 0.2) is 48.5 Å². The number of carbonyl (C=O) groups excluding carboxylic acids is 2. The van der Waals surface area contributed by atoms with Gasteiger partial charge in [0.2, 0.25) is 11.8 Å². The van der Waals surface area contributed by atoms with Crippen LogP contribution in [-0.2, 0) is 16.1 Å². The number of nitrogens with one attached hydrogen (secondary N) is 1. The summed E-state index contributed by atoms with van der Waals surface area (Å²) in [6.45, 7) is 3.69. The second-order valence-electron chi connectivity index (χ2n) is 9.37. The van der Waals surface area contributed by atoms with E-state index in [0.29, 0.717) is 45.5 Å². The van der Waals surface area contributed by atoms with Crippen LogP contribution in [0.1, 0.15) is 37.7 Å². The fourth-order valence-corrected chi connectivity index (χ4v) is 4.77. The first kappa shape index (κ1) is 25.1. The van der Waals surface area contributed by atoms with Crippen molar-refractivity contribution in [3.8, 4) is 5.75 Å². The Bertz CT molecular complexity index is 988. The maximum absolute atomic E-state index is 13.4. The van der Waals surface area contributed by atoms with Crippen molar-refractivity contribution < 1.29 is 23.1 Å². The molecule has 0 saturated carbocycles. The normalized spacial score (nSPS) is 17.8. The largest absolute Gasteiger partial charge is 0.493 e. The number of piperidine rings is 2. The molecule has 2 fully saturated rings. The van der Waals surface area contributed by atoms with Crippen LogP contribution in [0.25, 0.3) is 0 Å². The van der Waals surface area contributed by atoms with Crippen LogP contribution in [0.5, 0.6) is 5.75 Å². The molecule has 0 unspecified atom stereocenters. The molecular weight excluding hydrogens is 452 g/mol. The van der Waals surface area contributed by atoms with Crippen LogP contribution in [0.4, 0.5) is 8.78 Å². The van der Waals surface area contributed by atoms with Gasteiger partial charge in [-0.15, -0.1) is 0 Å². The molecule has 2 amide bonds. The summed E-state index contributed by atoms with van der Waals surface area (Å²) in [5.41, 5.74) is 0.749. The molecule has 188 valence electrons. The Hall–Kier alpha value is -3.00. The number of hydrogen-bond donors (Lipinski definition) is 1. The minimum Gasteiger partial charge on any atom is -0.493 e. The lowest BCUT2D eigenvalue weighted by Crippen LogP contribution is -2.48. The zero-order chi connectivity index (χ0) is 24.6. The van der Waals surface area contributed by atoms with Gasteiger partial charge < -0.3 is 15.0 Å². The third-order valence-corrected chi connectivity index (χ3v) is 6.87. The first-order chi connectivity index (χ1) is 17.0. The van der Waals surface area contributed by atoms with Crippen LogP contribution >= 0.6 is 0 Å². The van der Waals surface area contributed by atoms with Crippen LogP contribution in [0.3, 0.4) is 0 Å². The van der Waals surface area contributed by atoms with Crippen LogP contribution in [0.2, 0.25) is 0 Å². The number of carbonyl (C=O) groups is 2. The van der Waals surface area contributed by atoms with E-state index in [-0.39, 0.29) is 23.8 Å². The Morgan fingerprint density at radius 3 is 2.31 bits per heavy atom. The highest BCUT2D eigenvalue weighted by atomic mass is 19.2. The molecule has 2 aliphatic rings. The summed E-state index contributed by atoms with van der Waals surface area (Å²) >= 11 is 0. The molecule has 6 nitrogen and oxygen atoms in total. The Kier molecular flexibility index (Phi) is 8.69. The zero-order valence-corrected chi connectivity index (χ0v) is 19.9. The molecule has 2 heterocycles. The molecule has 2 aliphatic heterocycles. The van der Waals surface area contributed by atoms with E-state index >= 15 is 0 Å². The number of ether oxygens (including phenoxy) is 1. The van der Waals surface area contributed by atoms with Gasteiger partial charge in [-0.25, -0.2) is 8.78 Å². The third-order valence-electron chi connectivity index (χ3n) is 6.87. The fourth-order valence-electron chi connectivity index (χ4n) is 4.77. The van der Waals surface area contributed by atoms with Crippen molar-refractivity contribution in [3.63, 3.8) is 0 Å². The summed E-state index contributed by atoms with van der Waals surface area (Å²) < 4.78 is 32.2. The van der Waals surface area contributed by atoms with Gasteiger partial charge in [-0.05, 0) is 55.5 Å². The standard InChI is InChI=1S/C27H33F2N3O3/c28-24-7-6-20(18-25(24)29)19-31-13-10-22(11-14-31)30-27(34)21-8-15-32(16-9-21)26(33)12-17-35-23-4-2-1-3-5-23/h1-7,18,21-22H,8-17,19H2,(H,30,34). The molecule has 0 radical (unpaired) electrons. The molecule has 2 aromatic rings. The number of likely N-dealkylation sites (tertiary alicyclic amines) is 2. The molecular formula is C27H33F2N3O3. The van der Waals surface area contributed by atoms with Gasteiger partial charge in [0.05, 0.1) is 13.0 Å². The van der Waals surface area contributed by atoms with Crippen molar-refractivity contribution in [2.45, 2.75) is 44.7 Å². The number of rotatable bonds is 8. The van der Waals surface area contributed by atoms with Gasteiger partial charge in [0, 0.05) is 44.7 Å². The van der Waals surface area contributed by atoms with E-state index in [1.54, 1.807) is 6.07 Å². The number of benzene rings is 2. The predicted octanol–water partition coefficient (Wildman–Crippen LogP) is 3.75. The van der Waals surface area contributed by atoms with E-state index in [2.05, 4.69) is 10.2 Å². The van der Waals surface area contributed by atoms with Crippen molar-refractivity contribution in [1.29, 1.82) is 0 Å². The Morgan fingerprint density at radius 2 is 1.63 bits per heavy atom. The molecule has 4 rings (SSSR count). The van der Waals surface area contributed by atoms with E-state index < -0.39 is 11.6 Å². The Labute approximate surface area is 205 Å². The molecule has 0 atom stereocenters. The van der Waals surface area contributed by atoms with Crippen molar-refractivity contribution >= 4 is 11.8 Å². The highest BCUT2D eigenvalue weighted by Crippen LogP contribution is 2.21. The van der Waals surface area contributed by atoms with E-state index in [9.17, 15) is 18.4 Å². The Balaban J connectivity index is 1.12. The topological polar surface area (TPSA) is 61.9 Å². The third kappa shape index (κ3) is 7.24. The maximum Gasteiger partial charge on any atom is 0.225 e. The molecule has 2 aromatic carbocycles. The van der Waals surface area contributed by atoms with Gasteiger partial charge in [-0.2, -0.15) is 0 Å². The number of nitrogens with zero attached hydrogens (tertiary/aromatic N) is 2. The van der Waals surface area contributed by atoms with Gasteiger partial charge in [0.1, 0.15) is 5.75 Å². The van der Waals surface area contributed by atoms with E-state index in [1.807, 2.05) is 35.2 Å². The molecule has 8 heteroatoms. The predicted molar refractivity (Wildman–Crippen MR) is 129 cm³/mol. The average Bonchev–Trinajstić information content (AvgIpc) is 2.88. The monoisotopic (exact) mass is 485 g/mol. The summed E-state index contributed by atoms with van der Waals surface area (Å²) in [5, 5.41) is 3.19. The lowest BCUT2D eigenvalue weighted by atomic mass is 9.94. The molecule has 2 saturated heterocycles. The first-order valence-electron chi connectivity index (χ1n) is 12.4. The number of para-hydroxylation sites is 1. The lowest BCUT2D eigenvalue weighted by Gasteiger charge is -2.35. The summed E-state index contributed by atoms with van der Waals surface area (Å²) in [7, 11) is 0. The zero-order valence-electron chi connectivity index (χ0n) is 19.9. The minimum absolute atomic E-state index is 0.0631. The average molecular weight is 486 g/mol. The molecule has 35 heavy (non-hydrogen) atoms. The second kappa shape index (κ2) is 12.1. The van der Waals surface area contributed by atoms with Crippen LogP contribution < -0.4 is 10.1 Å². The van der Waals surface area contributed by atoms with Crippen molar-refractivity contribution in [1.82, 2.24) is 15.1 Å². The summed E-state index contributed by atoms with van der Waals surface area (Å²) in [6.07, 6.45) is 3.33. The second-order valence-corrected chi connectivity index (χ2v) is 9.37. The first-order valence-corrected chi connectivity index (χ1v) is 12.4. The summed E-state index contributed by atoms with van der Waals surface area (Å²) in [4.78, 5) is 29.3. The molecule has 1 N–H and O–H groups in total. The molecule has 0 aromatic heterocycles. The highest BCUT2D eigenvalue weighted by molar-refractivity contribution is 5.80. The number of amides is 2. The van der Waals surface area contributed by atoms with E-state index in [1.165, 1.54) is 6.07 Å². The molecule has 0 spiro atoms. The smallest absolute Gasteiger partial charge is 0.225 e. The van der Waals surface area contributed by atoms with E-state index in [0.717, 1.165) is 43.3 Å². The van der Waals surface area contributed by atoms with Gasteiger partial charge in [-0.3, -0.25) is 14.5 Å². The van der Waals surface area contributed by atoms with Crippen LogP contribution in [-0.4, -0.2) is 60.4 Å². The summed E-state index contributed by atoms with van der Waals surface area (Å²) in [5.74, 6) is -0.831. The Morgan fingerprint density at radius 1 is 0.914 bits per heavy atom. The highest BCUT2D eigenvalue weighted by Gasteiger charge is 2.29. The van der Waals surface area contributed by atoms with Gasteiger partial charge >= 0.3 is 0 Å². The quantitative estimate of drug-likeness (QED) is 0.619. The fraction of sp³-hybridized carbons (Fsp3) is 0.481. The van der Waals surface area contributed by atoms with Gasteiger partial charge in [0.25, 0.3) is 0 Å². The van der Waals surface area contributed by atoms with Gasteiger partial charge in [-0.1, -0.05) is 24.3 Å². The number of hydrogen-bond acceptors (Lipinski definition) is 4. The lowest BCUT2D eigenvalue weighted by molar-refractivity contribution is -0.136. The number of halogens is 2. The molecule has 0 aliphatic carbocycles.